The van der Waals surface area contributed by atoms with Crippen molar-refractivity contribution in [1.82, 2.24) is 9.97 Å². The molecule has 0 fully saturated rings. The second-order valence-electron chi connectivity index (χ2n) is 4.82. The lowest BCUT2D eigenvalue weighted by Crippen LogP contribution is -2.05. The highest BCUT2D eigenvalue weighted by molar-refractivity contribution is 6.42. The van der Waals surface area contributed by atoms with Gasteiger partial charge in [-0.3, -0.25) is 0 Å². The van der Waals surface area contributed by atoms with Crippen LogP contribution in [0.2, 0.25) is 10.0 Å². The molecule has 5 heteroatoms. The van der Waals surface area contributed by atoms with Crippen LogP contribution in [0.25, 0.3) is 11.0 Å². The van der Waals surface area contributed by atoms with Gasteiger partial charge in [-0.1, -0.05) is 41.4 Å². The van der Waals surface area contributed by atoms with Crippen LogP contribution >= 0.6 is 23.2 Å². The molecule has 4 rings (SSSR count). The monoisotopic (exact) mass is 304 g/mol. The van der Waals surface area contributed by atoms with Crippen molar-refractivity contribution in [3.8, 4) is 5.75 Å². The van der Waals surface area contributed by atoms with Crippen molar-refractivity contribution in [2.45, 2.75) is 12.5 Å². The van der Waals surface area contributed by atoms with Gasteiger partial charge in [0.25, 0.3) is 0 Å². The first-order valence-corrected chi connectivity index (χ1v) is 7.05. The van der Waals surface area contributed by atoms with Gasteiger partial charge in [-0.2, -0.15) is 0 Å². The highest BCUT2D eigenvalue weighted by Crippen LogP contribution is 2.36. The Morgan fingerprint density at radius 3 is 2.80 bits per heavy atom. The van der Waals surface area contributed by atoms with Crippen molar-refractivity contribution in [1.29, 1.82) is 0 Å². The van der Waals surface area contributed by atoms with Gasteiger partial charge in [-0.25, -0.2) is 4.98 Å². The summed E-state index contributed by atoms with van der Waals surface area (Å²) in [5, 5.41) is 1.03. The van der Waals surface area contributed by atoms with Crippen LogP contribution in [0.4, 0.5) is 0 Å². The van der Waals surface area contributed by atoms with Gasteiger partial charge in [-0.15, -0.1) is 0 Å². The van der Waals surface area contributed by atoms with E-state index in [-0.39, 0.29) is 6.10 Å². The molecule has 0 saturated heterocycles. The molecule has 0 aliphatic carbocycles. The minimum atomic E-state index is -0.0858. The molecule has 0 saturated carbocycles. The van der Waals surface area contributed by atoms with E-state index >= 15 is 0 Å². The molecule has 1 N–H and O–H groups in total. The summed E-state index contributed by atoms with van der Waals surface area (Å²) in [6.45, 7) is 0. The predicted octanol–water partition coefficient (Wildman–Crippen LogP) is 4.55. The van der Waals surface area contributed by atoms with Gasteiger partial charge in [0, 0.05) is 6.42 Å². The Balaban J connectivity index is 1.74. The van der Waals surface area contributed by atoms with Crippen LogP contribution < -0.4 is 4.74 Å². The fourth-order valence-electron chi connectivity index (χ4n) is 2.51. The number of hydrogen-bond acceptors (Lipinski definition) is 2. The number of ether oxygens (including phenoxy) is 1. The Kier molecular flexibility index (Phi) is 2.65. The van der Waals surface area contributed by atoms with Crippen LogP contribution in [-0.4, -0.2) is 9.97 Å². The number of aromatic amines is 1. The third-order valence-corrected chi connectivity index (χ3v) is 4.22. The summed E-state index contributed by atoms with van der Waals surface area (Å²) >= 11 is 12.0. The van der Waals surface area contributed by atoms with Crippen molar-refractivity contribution in [2.24, 2.45) is 0 Å². The Hall–Kier alpha value is -1.71. The highest BCUT2D eigenvalue weighted by Gasteiger charge is 2.26. The lowest BCUT2D eigenvalue weighted by Gasteiger charge is -2.06. The standard InChI is InChI=1S/C15H10Cl2N2O/c16-9-6-11-12(7-10(9)17)19-15(18-11)14-5-8-3-1-2-4-13(8)20-14/h1-4,6-7,14H,5H2,(H,18,19). The van der Waals surface area contributed by atoms with Gasteiger partial charge < -0.3 is 9.72 Å². The van der Waals surface area contributed by atoms with E-state index in [1.54, 1.807) is 12.1 Å². The number of nitrogens with one attached hydrogen (secondary N) is 1. The average Bonchev–Trinajstić information content (AvgIpc) is 3.02. The summed E-state index contributed by atoms with van der Waals surface area (Å²) in [5.41, 5.74) is 2.87. The molecular formula is C15H10Cl2N2O. The van der Waals surface area contributed by atoms with E-state index in [4.69, 9.17) is 27.9 Å². The Morgan fingerprint density at radius 1 is 1.15 bits per heavy atom. The number of hydrogen-bond donors (Lipinski definition) is 1. The zero-order valence-corrected chi connectivity index (χ0v) is 11.9. The van der Waals surface area contributed by atoms with Crippen molar-refractivity contribution in [2.75, 3.05) is 0 Å². The number of fused-ring (bicyclic) bond motifs is 2. The lowest BCUT2D eigenvalue weighted by atomic mass is 10.1. The van der Waals surface area contributed by atoms with E-state index in [9.17, 15) is 0 Å². The van der Waals surface area contributed by atoms with Crippen LogP contribution in [0.15, 0.2) is 36.4 Å². The maximum atomic E-state index is 6.02. The van der Waals surface area contributed by atoms with Gasteiger partial charge >= 0.3 is 0 Å². The van der Waals surface area contributed by atoms with Crippen molar-refractivity contribution in [3.63, 3.8) is 0 Å². The topological polar surface area (TPSA) is 37.9 Å². The molecular weight excluding hydrogens is 295 g/mol. The van der Waals surface area contributed by atoms with E-state index < -0.39 is 0 Å². The molecule has 3 nitrogen and oxygen atoms in total. The number of rotatable bonds is 1. The molecule has 0 bridgehead atoms. The van der Waals surface area contributed by atoms with Gasteiger partial charge in [0.2, 0.25) is 0 Å². The number of imidazole rings is 1. The molecule has 3 aromatic rings. The zero-order valence-electron chi connectivity index (χ0n) is 10.4. The molecule has 1 unspecified atom stereocenters. The Morgan fingerprint density at radius 2 is 1.95 bits per heavy atom. The molecule has 1 aromatic heterocycles. The molecule has 1 atom stereocenters. The predicted molar refractivity (Wildman–Crippen MR) is 79.6 cm³/mol. The van der Waals surface area contributed by atoms with Gasteiger partial charge in [0.15, 0.2) is 6.10 Å². The molecule has 1 aliphatic heterocycles. The molecule has 100 valence electrons. The number of nitrogens with zero attached hydrogens (tertiary/aromatic N) is 1. The van der Waals surface area contributed by atoms with E-state index in [1.165, 1.54) is 5.56 Å². The lowest BCUT2D eigenvalue weighted by molar-refractivity contribution is 0.229. The first-order valence-electron chi connectivity index (χ1n) is 6.30. The summed E-state index contributed by atoms with van der Waals surface area (Å²) in [7, 11) is 0. The van der Waals surface area contributed by atoms with Gasteiger partial charge in [-0.05, 0) is 23.8 Å². The van der Waals surface area contributed by atoms with Crippen molar-refractivity contribution < 1.29 is 4.74 Å². The number of benzene rings is 2. The summed E-state index contributed by atoms with van der Waals surface area (Å²) < 4.78 is 5.92. The number of halogens is 2. The second kappa shape index (κ2) is 4.40. The molecule has 1 aliphatic rings. The Bertz CT molecular complexity index is 749. The van der Waals surface area contributed by atoms with E-state index in [2.05, 4.69) is 16.0 Å². The average molecular weight is 305 g/mol. The van der Waals surface area contributed by atoms with Crippen LogP contribution in [0.3, 0.4) is 0 Å². The smallest absolute Gasteiger partial charge is 0.160 e. The third-order valence-electron chi connectivity index (χ3n) is 3.49. The SMILES string of the molecule is Clc1cc2nc(C3Cc4ccccc4O3)[nH]c2cc1Cl. The van der Waals surface area contributed by atoms with E-state index in [1.807, 2.05) is 18.2 Å². The fraction of sp³-hybridized carbons (Fsp3) is 0.133. The molecule has 0 amide bonds. The maximum Gasteiger partial charge on any atom is 0.160 e. The van der Waals surface area contributed by atoms with Crippen LogP contribution in [0.5, 0.6) is 5.75 Å². The summed E-state index contributed by atoms with van der Waals surface area (Å²) in [5.74, 6) is 1.73. The highest BCUT2D eigenvalue weighted by atomic mass is 35.5. The summed E-state index contributed by atoms with van der Waals surface area (Å²) in [4.78, 5) is 7.82. The molecule has 0 radical (unpaired) electrons. The fourth-order valence-corrected chi connectivity index (χ4v) is 2.83. The quantitative estimate of drug-likeness (QED) is 0.716. The Labute approximate surface area is 125 Å². The summed E-state index contributed by atoms with van der Waals surface area (Å²) in [6, 6.07) is 11.6. The van der Waals surface area contributed by atoms with Crippen molar-refractivity contribution in [3.05, 3.63) is 57.8 Å². The maximum absolute atomic E-state index is 6.02. The van der Waals surface area contributed by atoms with Crippen molar-refractivity contribution >= 4 is 34.2 Å². The molecule has 2 heterocycles. The van der Waals surface area contributed by atoms with Gasteiger partial charge in [0.1, 0.15) is 11.6 Å². The first kappa shape index (κ1) is 12.1. The number of aromatic nitrogens is 2. The minimum Gasteiger partial charge on any atom is -0.482 e. The zero-order chi connectivity index (χ0) is 13.7. The number of para-hydroxylation sites is 1. The van der Waals surface area contributed by atoms with E-state index in [0.717, 1.165) is 29.0 Å². The summed E-state index contributed by atoms with van der Waals surface area (Å²) in [6.07, 6.45) is 0.731. The van der Waals surface area contributed by atoms with Crippen LogP contribution in [-0.2, 0) is 6.42 Å². The normalized spacial score (nSPS) is 17.2. The van der Waals surface area contributed by atoms with Crippen LogP contribution in [0.1, 0.15) is 17.5 Å². The van der Waals surface area contributed by atoms with E-state index in [0.29, 0.717) is 10.0 Å². The van der Waals surface area contributed by atoms with Crippen LogP contribution in [0, 0.1) is 0 Å². The largest absolute Gasteiger partial charge is 0.482 e. The number of H-pyrrole nitrogens is 1. The third kappa shape index (κ3) is 1.86. The molecule has 2 aromatic carbocycles. The second-order valence-corrected chi connectivity index (χ2v) is 5.64. The minimum absolute atomic E-state index is 0.0858. The molecule has 20 heavy (non-hydrogen) atoms. The molecule has 0 spiro atoms. The first-order chi connectivity index (χ1) is 9.70. The van der Waals surface area contributed by atoms with Gasteiger partial charge in [0.05, 0.1) is 21.1 Å².